The molecule has 7 nitrogen and oxygen atoms in total. The highest BCUT2D eigenvalue weighted by atomic mass is 32.2. The standard InChI is InChI=1S/C24H31N3O4S2/c1-3-26(4-2)33(30,31)20-11-12-21-18(16-20)8-6-14-27(21)23(28)19-9-5-13-25(17-19)24(29)22-10-7-15-32-22/h7,10-12,15-16,19H,3-6,8-9,13-14,17H2,1-2H3. The molecule has 0 bridgehead atoms. The van der Waals surface area contributed by atoms with Crippen LogP contribution in [0.3, 0.4) is 0 Å². The van der Waals surface area contributed by atoms with Crippen molar-refractivity contribution in [3.05, 3.63) is 46.2 Å². The first-order chi connectivity index (χ1) is 15.9. The van der Waals surface area contributed by atoms with Gasteiger partial charge in [-0.1, -0.05) is 19.9 Å². The summed E-state index contributed by atoms with van der Waals surface area (Å²) in [6.45, 7) is 6.21. The summed E-state index contributed by atoms with van der Waals surface area (Å²) < 4.78 is 27.3. The van der Waals surface area contributed by atoms with Crippen molar-refractivity contribution in [2.45, 2.75) is 44.4 Å². The van der Waals surface area contributed by atoms with Gasteiger partial charge in [-0.15, -0.1) is 11.3 Å². The zero-order chi connectivity index (χ0) is 23.6. The third kappa shape index (κ3) is 4.72. The minimum atomic E-state index is -3.54. The summed E-state index contributed by atoms with van der Waals surface area (Å²) in [5.41, 5.74) is 1.69. The molecule has 4 rings (SSSR count). The Bertz CT molecular complexity index is 1110. The predicted octanol–water partition coefficient (Wildman–Crippen LogP) is 3.61. The second-order valence-electron chi connectivity index (χ2n) is 8.54. The van der Waals surface area contributed by atoms with Gasteiger partial charge in [-0.3, -0.25) is 9.59 Å². The lowest BCUT2D eigenvalue weighted by atomic mass is 9.94. The van der Waals surface area contributed by atoms with Gasteiger partial charge in [0.1, 0.15) is 0 Å². The Balaban J connectivity index is 1.54. The Kier molecular flexibility index (Phi) is 7.21. The van der Waals surface area contributed by atoms with Crippen LogP contribution in [0.5, 0.6) is 0 Å². The van der Waals surface area contributed by atoms with Crippen LogP contribution in [0.1, 0.15) is 48.3 Å². The minimum absolute atomic E-state index is 0.00667. The van der Waals surface area contributed by atoms with Gasteiger partial charge in [0.05, 0.1) is 15.7 Å². The number of anilines is 1. The zero-order valence-corrected chi connectivity index (χ0v) is 20.8. The summed E-state index contributed by atoms with van der Waals surface area (Å²) in [5, 5.41) is 1.89. The second-order valence-corrected chi connectivity index (χ2v) is 11.4. The van der Waals surface area contributed by atoms with Gasteiger partial charge in [0.15, 0.2) is 0 Å². The first kappa shape index (κ1) is 23.9. The number of benzene rings is 1. The Labute approximate surface area is 200 Å². The maximum Gasteiger partial charge on any atom is 0.263 e. The largest absolute Gasteiger partial charge is 0.337 e. The number of nitrogens with zero attached hydrogens (tertiary/aromatic N) is 3. The fourth-order valence-corrected chi connectivity index (χ4v) is 7.02. The number of thiophene rings is 1. The summed E-state index contributed by atoms with van der Waals surface area (Å²) >= 11 is 1.42. The van der Waals surface area contributed by atoms with Crippen molar-refractivity contribution < 1.29 is 18.0 Å². The van der Waals surface area contributed by atoms with Crippen LogP contribution < -0.4 is 4.90 Å². The molecule has 1 aromatic carbocycles. The molecule has 9 heteroatoms. The van der Waals surface area contributed by atoms with Crippen LogP contribution >= 0.6 is 11.3 Å². The molecule has 1 fully saturated rings. The molecule has 1 unspecified atom stereocenters. The molecular weight excluding hydrogens is 458 g/mol. The molecule has 1 atom stereocenters. The first-order valence-corrected chi connectivity index (χ1v) is 14.0. The van der Waals surface area contributed by atoms with Crippen LogP contribution in [0.2, 0.25) is 0 Å². The zero-order valence-electron chi connectivity index (χ0n) is 19.2. The van der Waals surface area contributed by atoms with E-state index in [0.29, 0.717) is 37.6 Å². The van der Waals surface area contributed by atoms with E-state index in [0.717, 1.165) is 36.9 Å². The van der Waals surface area contributed by atoms with Crippen molar-refractivity contribution in [2.75, 3.05) is 37.6 Å². The van der Waals surface area contributed by atoms with E-state index in [1.54, 1.807) is 28.0 Å². The normalized spacial score (nSPS) is 18.9. The molecule has 2 aliphatic heterocycles. The fraction of sp³-hybridized carbons (Fsp3) is 0.500. The van der Waals surface area contributed by atoms with Crippen LogP contribution in [0.15, 0.2) is 40.6 Å². The molecule has 2 aliphatic rings. The molecule has 0 aliphatic carbocycles. The molecule has 2 aromatic rings. The van der Waals surface area contributed by atoms with Crippen molar-refractivity contribution in [3.63, 3.8) is 0 Å². The number of hydrogen-bond donors (Lipinski definition) is 0. The molecule has 33 heavy (non-hydrogen) atoms. The number of likely N-dealkylation sites (tertiary alicyclic amines) is 1. The van der Waals surface area contributed by atoms with Crippen molar-refractivity contribution in [1.82, 2.24) is 9.21 Å². The molecule has 2 amide bonds. The van der Waals surface area contributed by atoms with Crippen molar-refractivity contribution in [2.24, 2.45) is 5.92 Å². The maximum absolute atomic E-state index is 13.5. The quantitative estimate of drug-likeness (QED) is 0.621. The highest BCUT2D eigenvalue weighted by Crippen LogP contribution is 2.33. The van der Waals surface area contributed by atoms with Crippen LogP contribution in [0, 0.1) is 5.92 Å². The highest BCUT2D eigenvalue weighted by molar-refractivity contribution is 7.89. The van der Waals surface area contributed by atoms with Crippen LogP contribution in [-0.2, 0) is 21.2 Å². The number of rotatable bonds is 6. The van der Waals surface area contributed by atoms with E-state index < -0.39 is 10.0 Å². The van der Waals surface area contributed by atoms with Crippen LogP contribution in [0.25, 0.3) is 0 Å². The van der Waals surface area contributed by atoms with Gasteiger partial charge in [-0.25, -0.2) is 8.42 Å². The van der Waals surface area contributed by atoms with E-state index in [4.69, 9.17) is 0 Å². The van der Waals surface area contributed by atoms with Crippen molar-refractivity contribution in [1.29, 1.82) is 0 Å². The number of carbonyl (C=O) groups is 2. The second kappa shape index (κ2) is 9.95. The Morgan fingerprint density at radius 3 is 2.61 bits per heavy atom. The van der Waals surface area contributed by atoms with Crippen LogP contribution in [0.4, 0.5) is 5.69 Å². The van der Waals surface area contributed by atoms with Crippen molar-refractivity contribution >= 4 is 38.9 Å². The smallest absolute Gasteiger partial charge is 0.263 e. The molecule has 0 N–H and O–H groups in total. The lowest BCUT2D eigenvalue weighted by Gasteiger charge is -2.37. The number of piperidine rings is 1. The number of sulfonamides is 1. The minimum Gasteiger partial charge on any atom is -0.337 e. The van der Waals surface area contributed by atoms with Gasteiger partial charge in [0.25, 0.3) is 5.91 Å². The molecule has 1 saturated heterocycles. The van der Waals surface area contributed by atoms with Crippen molar-refractivity contribution in [3.8, 4) is 0 Å². The average molecular weight is 490 g/mol. The average Bonchev–Trinajstić information content (AvgIpc) is 3.38. The highest BCUT2D eigenvalue weighted by Gasteiger charge is 2.34. The third-order valence-electron chi connectivity index (χ3n) is 6.57. The Morgan fingerprint density at radius 2 is 1.91 bits per heavy atom. The molecule has 0 saturated carbocycles. The molecular formula is C24H31N3O4S2. The lowest BCUT2D eigenvalue weighted by molar-refractivity contribution is -0.123. The molecule has 0 spiro atoms. The number of carbonyl (C=O) groups excluding carboxylic acids is 2. The van der Waals surface area contributed by atoms with Gasteiger partial charge >= 0.3 is 0 Å². The summed E-state index contributed by atoms with van der Waals surface area (Å²) in [7, 11) is -3.54. The monoisotopic (exact) mass is 489 g/mol. The molecule has 3 heterocycles. The third-order valence-corrected chi connectivity index (χ3v) is 9.47. The Morgan fingerprint density at radius 1 is 1.12 bits per heavy atom. The number of fused-ring (bicyclic) bond motifs is 1. The SMILES string of the molecule is CCN(CC)S(=O)(=O)c1ccc2c(c1)CCCN2C(=O)C1CCCN(C(=O)c2cccs2)C1. The van der Waals surface area contributed by atoms with Gasteiger partial charge < -0.3 is 9.80 Å². The van der Waals surface area contributed by atoms with Gasteiger partial charge in [0, 0.05) is 38.4 Å². The number of amides is 2. The summed E-state index contributed by atoms with van der Waals surface area (Å²) in [6, 6.07) is 8.81. The van der Waals surface area contributed by atoms with E-state index in [-0.39, 0.29) is 22.6 Å². The fourth-order valence-electron chi connectivity index (χ4n) is 4.82. The molecule has 178 valence electrons. The van der Waals surface area contributed by atoms with E-state index in [2.05, 4.69) is 0 Å². The Hall–Kier alpha value is -2.23. The van der Waals surface area contributed by atoms with E-state index in [1.165, 1.54) is 15.6 Å². The number of aryl methyl sites for hydroxylation is 1. The van der Waals surface area contributed by atoms with Crippen LogP contribution in [-0.4, -0.2) is 62.2 Å². The summed E-state index contributed by atoms with van der Waals surface area (Å²) in [6.07, 6.45) is 3.09. The van der Waals surface area contributed by atoms with E-state index in [1.807, 2.05) is 31.4 Å². The van der Waals surface area contributed by atoms with E-state index >= 15 is 0 Å². The number of hydrogen-bond acceptors (Lipinski definition) is 5. The summed E-state index contributed by atoms with van der Waals surface area (Å²) in [4.78, 5) is 30.9. The predicted molar refractivity (Wildman–Crippen MR) is 130 cm³/mol. The molecule has 1 aromatic heterocycles. The van der Waals surface area contributed by atoms with Gasteiger partial charge in [-0.2, -0.15) is 4.31 Å². The molecule has 0 radical (unpaired) electrons. The maximum atomic E-state index is 13.5. The first-order valence-electron chi connectivity index (χ1n) is 11.6. The van der Waals surface area contributed by atoms with Gasteiger partial charge in [0.2, 0.25) is 15.9 Å². The summed E-state index contributed by atoms with van der Waals surface area (Å²) in [5.74, 6) is -0.223. The topological polar surface area (TPSA) is 78.0 Å². The van der Waals surface area contributed by atoms with Gasteiger partial charge in [-0.05, 0) is 60.9 Å². The lowest BCUT2D eigenvalue weighted by Crippen LogP contribution is -2.48. The van der Waals surface area contributed by atoms with E-state index in [9.17, 15) is 18.0 Å².